The van der Waals surface area contributed by atoms with E-state index in [9.17, 15) is 37.1 Å². The molecule has 0 spiro atoms. The first-order chi connectivity index (χ1) is 26.9. The number of rotatable bonds is 8. The second-order valence-electron chi connectivity index (χ2n) is 14.6. The summed E-state index contributed by atoms with van der Waals surface area (Å²) < 4.78 is 47.1. The van der Waals surface area contributed by atoms with Gasteiger partial charge in [0.2, 0.25) is 5.91 Å². The average molecular weight is 773 g/mol. The lowest BCUT2D eigenvalue weighted by Gasteiger charge is -2.38. The Bertz CT molecular complexity index is 2240. The van der Waals surface area contributed by atoms with E-state index in [-0.39, 0.29) is 35.7 Å². The number of anilines is 2. The molecule has 0 radical (unpaired) electrons. The summed E-state index contributed by atoms with van der Waals surface area (Å²) in [7, 11) is 1.45. The number of urea groups is 1. The van der Waals surface area contributed by atoms with Crippen molar-refractivity contribution < 1.29 is 41.9 Å². The van der Waals surface area contributed by atoms with Crippen LogP contribution in [-0.2, 0) is 11.0 Å². The van der Waals surface area contributed by atoms with E-state index < -0.39 is 41.4 Å². The Morgan fingerprint density at radius 3 is 2.39 bits per heavy atom. The predicted octanol–water partition coefficient (Wildman–Crippen LogP) is 5.32. The number of ether oxygens (including phenoxy) is 1. The highest BCUT2D eigenvalue weighted by atomic mass is 19.4. The van der Waals surface area contributed by atoms with Crippen LogP contribution in [0.3, 0.4) is 0 Å². The smallest absolute Gasteiger partial charge is 0.416 e. The molecule has 4 aromatic rings. The van der Waals surface area contributed by atoms with Gasteiger partial charge in [0.05, 0.1) is 53.3 Å². The van der Waals surface area contributed by atoms with Crippen LogP contribution >= 0.6 is 0 Å². The normalized spacial score (nSPS) is 18.8. The number of nitrogens with zero attached hydrogens (tertiary/aromatic N) is 6. The van der Waals surface area contributed by atoms with Gasteiger partial charge in [-0.1, -0.05) is 12.1 Å². The monoisotopic (exact) mass is 772 g/mol. The number of methoxy groups -OCH3 is 1. The molecule has 3 fully saturated rings. The molecule has 8 rings (SSSR count). The summed E-state index contributed by atoms with van der Waals surface area (Å²) in [4.78, 5) is 68.5. The number of imide groups is 2. The maximum Gasteiger partial charge on any atom is 0.416 e. The van der Waals surface area contributed by atoms with Crippen molar-refractivity contribution in [2.75, 3.05) is 56.6 Å². The predicted molar refractivity (Wildman–Crippen MR) is 197 cm³/mol. The number of halogens is 3. The number of fused-ring (bicyclic) bond motifs is 2. The Morgan fingerprint density at radius 2 is 1.68 bits per heavy atom. The minimum absolute atomic E-state index is 0.00441. The number of carbonyl (C=O) groups is 5. The number of amides is 6. The summed E-state index contributed by atoms with van der Waals surface area (Å²) in [5.41, 5.74) is 1.16. The Kier molecular flexibility index (Phi) is 9.64. The molecule has 0 aliphatic carbocycles. The van der Waals surface area contributed by atoms with E-state index in [0.29, 0.717) is 41.6 Å². The zero-order chi connectivity index (χ0) is 39.3. The highest BCUT2D eigenvalue weighted by molar-refractivity contribution is 6.24. The van der Waals surface area contributed by atoms with Crippen LogP contribution in [0.4, 0.5) is 29.3 Å². The van der Waals surface area contributed by atoms with Crippen LogP contribution in [0.1, 0.15) is 74.8 Å². The molecule has 292 valence electrons. The van der Waals surface area contributed by atoms with E-state index >= 15 is 0 Å². The van der Waals surface area contributed by atoms with E-state index in [1.807, 2.05) is 16.9 Å². The third-order valence-corrected chi connectivity index (χ3v) is 11.1. The van der Waals surface area contributed by atoms with Gasteiger partial charge in [0.25, 0.3) is 17.7 Å². The lowest BCUT2D eigenvalue weighted by Crippen LogP contribution is -2.58. The molecular formula is C39H39F3N8O6. The van der Waals surface area contributed by atoms with Gasteiger partial charge in [-0.05, 0) is 68.0 Å². The first-order valence-corrected chi connectivity index (χ1v) is 18.5. The van der Waals surface area contributed by atoms with Gasteiger partial charge in [-0.25, -0.2) is 9.80 Å². The summed E-state index contributed by atoms with van der Waals surface area (Å²) in [5.74, 6) is -1.50. The molecule has 5 heterocycles. The lowest BCUT2D eigenvalue weighted by molar-refractivity contribution is -0.137. The quantitative estimate of drug-likeness (QED) is 0.227. The van der Waals surface area contributed by atoms with E-state index in [1.54, 1.807) is 24.3 Å². The molecule has 1 aromatic heterocycles. The molecule has 3 aromatic carbocycles. The number of likely N-dealkylation sites (tertiary alicyclic amines) is 1. The third-order valence-electron chi connectivity index (χ3n) is 11.1. The molecule has 56 heavy (non-hydrogen) atoms. The number of aromatic nitrogens is 2. The maximum atomic E-state index is 13.6. The largest absolute Gasteiger partial charge is 0.494 e. The molecule has 4 aliphatic heterocycles. The van der Waals surface area contributed by atoms with Gasteiger partial charge in [-0.3, -0.25) is 29.2 Å². The summed E-state index contributed by atoms with van der Waals surface area (Å²) >= 11 is 0. The molecule has 2 N–H and O–H groups in total. The van der Waals surface area contributed by atoms with Gasteiger partial charge < -0.3 is 19.9 Å². The number of benzene rings is 3. The summed E-state index contributed by atoms with van der Waals surface area (Å²) in [6.07, 6.45) is 0.931. The third kappa shape index (κ3) is 7.02. The van der Waals surface area contributed by atoms with Gasteiger partial charge >= 0.3 is 12.2 Å². The molecule has 0 atom stereocenters. The Labute approximate surface area is 319 Å². The number of piperidine rings is 2. The minimum Gasteiger partial charge on any atom is -0.494 e. The highest BCUT2D eigenvalue weighted by Crippen LogP contribution is 2.37. The van der Waals surface area contributed by atoms with Crippen molar-refractivity contribution >= 4 is 51.9 Å². The van der Waals surface area contributed by atoms with Crippen LogP contribution in [0.25, 0.3) is 10.9 Å². The van der Waals surface area contributed by atoms with Crippen molar-refractivity contribution in [2.24, 2.45) is 5.92 Å². The molecular weight excluding hydrogens is 733 g/mol. The fraction of sp³-hybridized carbons (Fsp3) is 0.385. The second-order valence-corrected chi connectivity index (χ2v) is 14.6. The Hall–Kier alpha value is -5.97. The van der Waals surface area contributed by atoms with Gasteiger partial charge in [-0.2, -0.15) is 23.3 Å². The van der Waals surface area contributed by atoms with Crippen molar-refractivity contribution in [3.63, 3.8) is 0 Å². The number of nitrogens with one attached hydrogen (secondary N) is 2. The summed E-state index contributed by atoms with van der Waals surface area (Å²) in [6.45, 7) is 4.08. The molecule has 4 aliphatic rings. The summed E-state index contributed by atoms with van der Waals surface area (Å²) in [5, 5.41) is 12.3. The van der Waals surface area contributed by atoms with E-state index in [1.165, 1.54) is 19.2 Å². The van der Waals surface area contributed by atoms with Crippen LogP contribution < -0.4 is 20.3 Å². The van der Waals surface area contributed by atoms with Crippen LogP contribution in [0.5, 0.6) is 5.75 Å². The number of hydrogen-bond acceptors (Lipinski definition) is 9. The number of hydrogen-bond donors (Lipinski definition) is 2. The second kappa shape index (κ2) is 14.6. The van der Waals surface area contributed by atoms with Gasteiger partial charge in [0.15, 0.2) is 0 Å². The molecule has 17 heteroatoms. The topological polar surface area (TPSA) is 149 Å². The lowest BCUT2D eigenvalue weighted by atomic mass is 9.93. The first kappa shape index (κ1) is 37.0. The summed E-state index contributed by atoms with van der Waals surface area (Å²) in [6, 6.07) is 12.2. The highest BCUT2D eigenvalue weighted by Gasteiger charge is 2.45. The van der Waals surface area contributed by atoms with Crippen molar-refractivity contribution in [3.8, 4) is 5.75 Å². The van der Waals surface area contributed by atoms with Crippen molar-refractivity contribution in [2.45, 2.75) is 44.3 Å². The van der Waals surface area contributed by atoms with E-state index in [0.717, 1.165) is 72.9 Å². The molecule has 0 unspecified atom stereocenters. The molecule has 14 nitrogen and oxygen atoms in total. The zero-order valence-electron chi connectivity index (χ0n) is 30.5. The van der Waals surface area contributed by atoms with Crippen LogP contribution in [0, 0.1) is 5.92 Å². The number of carbonyl (C=O) groups excluding carboxylic acids is 5. The molecule has 3 saturated heterocycles. The number of alkyl halides is 3. The van der Waals surface area contributed by atoms with Crippen LogP contribution in [-0.4, -0.2) is 101 Å². The van der Waals surface area contributed by atoms with Crippen LogP contribution in [0.2, 0.25) is 0 Å². The number of hydrazine groups is 1. The standard InChI is InChI=1S/C39H39F3N8O6/c1-56-32-20-29-25(19-30(32)43-35(52)24-4-2-5-26(18-24)39(40,41)42)22-48(45-29)27-10-13-46(14-11-27)21-23-8-15-47(16-9-23)31-7-3-6-28-34(31)37(54)50(36(28)53)49-17-12-33(51)44-38(49)55/h2-7,18-20,22-23,27H,8-17,21H2,1H3,(H,43,52)(H,44,51,55). The Morgan fingerprint density at radius 1 is 0.929 bits per heavy atom. The van der Waals surface area contributed by atoms with Crippen molar-refractivity contribution in [1.82, 2.24) is 30.0 Å². The van der Waals surface area contributed by atoms with Crippen LogP contribution in [0.15, 0.2) is 60.8 Å². The fourth-order valence-corrected chi connectivity index (χ4v) is 8.13. The van der Waals surface area contributed by atoms with Gasteiger partial charge in [0, 0.05) is 62.4 Å². The first-order valence-electron chi connectivity index (χ1n) is 18.5. The molecule has 0 bridgehead atoms. The zero-order valence-corrected chi connectivity index (χ0v) is 30.5. The maximum absolute atomic E-state index is 13.6. The van der Waals surface area contributed by atoms with Crippen molar-refractivity contribution in [3.05, 3.63) is 83.0 Å². The van der Waals surface area contributed by atoms with Gasteiger partial charge in [-0.15, -0.1) is 0 Å². The minimum atomic E-state index is -4.57. The Balaban J connectivity index is 0.860. The van der Waals surface area contributed by atoms with E-state index in [2.05, 4.69) is 20.4 Å². The average Bonchev–Trinajstić information content (AvgIpc) is 3.72. The van der Waals surface area contributed by atoms with Crippen molar-refractivity contribution in [1.29, 1.82) is 0 Å². The fourth-order valence-electron chi connectivity index (χ4n) is 8.13. The van der Waals surface area contributed by atoms with Gasteiger partial charge in [0.1, 0.15) is 5.75 Å². The molecule has 6 amide bonds. The van der Waals surface area contributed by atoms with E-state index in [4.69, 9.17) is 9.84 Å². The SMILES string of the molecule is COc1cc2nn(C3CCN(CC4CCN(c5cccc6c5C(=O)N(N5CCC(=O)NC5=O)C6=O)CC4)CC3)cc2cc1NC(=O)c1cccc(C(F)(F)F)c1. The molecule has 0 saturated carbocycles.